The lowest BCUT2D eigenvalue weighted by atomic mass is 9.99. The van der Waals surface area contributed by atoms with Gasteiger partial charge in [0.05, 0.1) is 12.9 Å². The summed E-state index contributed by atoms with van der Waals surface area (Å²) in [5.41, 5.74) is -0.407. The Balaban J connectivity index is 1.78. The molecule has 1 saturated heterocycles. The molecule has 0 saturated carbocycles. The molecule has 104 valence electrons. The van der Waals surface area contributed by atoms with Crippen LogP contribution in [0.1, 0.15) is 12.1 Å². The van der Waals surface area contributed by atoms with Crippen LogP contribution in [0, 0.1) is 0 Å². The molecule has 1 fully saturated rings. The number of rotatable bonds is 5. The van der Waals surface area contributed by atoms with Crippen molar-refractivity contribution < 1.29 is 19.4 Å². The van der Waals surface area contributed by atoms with Crippen LogP contribution in [0.3, 0.4) is 0 Å². The van der Waals surface area contributed by atoms with Gasteiger partial charge in [0, 0.05) is 37.9 Å². The standard InChI is InChI=1S/C11H16N4O4/c16-9(17)11(2-4-19-6-11)15-10(18)13-3-1-8-5-12-7-14-8/h5,7H,1-4,6H2,(H,12,14)(H,16,17)(H2,13,15,18). The molecule has 0 aromatic carbocycles. The second-order valence-corrected chi connectivity index (χ2v) is 4.40. The SMILES string of the molecule is O=C(NCCc1cnc[nH]1)NC1(C(=O)O)CCOC1. The first-order chi connectivity index (χ1) is 9.12. The van der Waals surface area contributed by atoms with Gasteiger partial charge in [0.25, 0.3) is 0 Å². The lowest BCUT2D eigenvalue weighted by molar-refractivity contribution is -0.144. The Morgan fingerprint density at radius 2 is 2.42 bits per heavy atom. The molecule has 0 spiro atoms. The van der Waals surface area contributed by atoms with Gasteiger partial charge in [-0.05, 0) is 0 Å². The normalized spacial score (nSPS) is 22.1. The van der Waals surface area contributed by atoms with Crippen LogP contribution in [0.2, 0.25) is 0 Å². The maximum absolute atomic E-state index is 11.7. The lowest BCUT2D eigenvalue weighted by Gasteiger charge is -2.23. The van der Waals surface area contributed by atoms with E-state index in [-0.39, 0.29) is 13.0 Å². The highest BCUT2D eigenvalue weighted by molar-refractivity contribution is 5.86. The summed E-state index contributed by atoms with van der Waals surface area (Å²) < 4.78 is 5.05. The maximum atomic E-state index is 11.7. The van der Waals surface area contributed by atoms with Crippen molar-refractivity contribution in [3.63, 3.8) is 0 Å². The number of imidazole rings is 1. The quantitative estimate of drug-likeness (QED) is 0.574. The summed E-state index contributed by atoms with van der Waals surface area (Å²) in [6, 6.07) is -0.507. The smallest absolute Gasteiger partial charge is 0.332 e. The highest BCUT2D eigenvalue weighted by Crippen LogP contribution is 2.18. The molecular formula is C11H16N4O4. The molecule has 1 atom stereocenters. The molecule has 8 heteroatoms. The van der Waals surface area contributed by atoms with Crippen molar-refractivity contribution in [2.45, 2.75) is 18.4 Å². The minimum atomic E-state index is -1.31. The van der Waals surface area contributed by atoms with E-state index in [1.807, 2.05) is 0 Å². The Morgan fingerprint density at radius 1 is 1.58 bits per heavy atom. The van der Waals surface area contributed by atoms with Gasteiger partial charge < -0.3 is 25.5 Å². The molecule has 2 amide bonds. The van der Waals surface area contributed by atoms with Crippen LogP contribution in [0.15, 0.2) is 12.5 Å². The molecule has 2 rings (SSSR count). The molecule has 4 N–H and O–H groups in total. The molecule has 0 bridgehead atoms. The van der Waals surface area contributed by atoms with Gasteiger partial charge in [0.1, 0.15) is 0 Å². The molecule has 0 aliphatic carbocycles. The number of carbonyl (C=O) groups excluding carboxylic acids is 1. The highest BCUT2D eigenvalue weighted by Gasteiger charge is 2.43. The Bertz CT molecular complexity index is 440. The molecule has 1 aromatic heterocycles. The largest absolute Gasteiger partial charge is 0.479 e. The molecule has 0 radical (unpaired) electrons. The zero-order chi connectivity index (χ0) is 13.7. The number of amides is 2. The summed E-state index contributed by atoms with van der Waals surface area (Å²) in [6.45, 7) is 0.724. The van der Waals surface area contributed by atoms with Crippen molar-refractivity contribution in [1.29, 1.82) is 0 Å². The Hall–Kier alpha value is -2.09. The van der Waals surface area contributed by atoms with E-state index in [4.69, 9.17) is 9.84 Å². The van der Waals surface area contributed by atoms with E-state index in [1.54, 1.807) is 12.5 Å². The van der Waals surface area contributed by atoms with Crippen LogP contribution in [0.25, 0.3) is 0 Å². The zero-order valence-corrected chi connectivity index (χ0v) is 10.3. The number of nitrogens with zero attached hydrogens (tertiary/aromatic N) is 1. The fraction of sp³-hybridized carbons (Fsp3) is 0.545. The number of carbonyl (C=O) groups is 2. The molecule has 1 aromatic rings. The second kappa shape index (κ2) is 5.70. The summed E-state index contributed by atoms with van der Waals surface area (Å²) in [7, 11) is 0. The maximum Gasteiger partial charge on any atom is 0.332 e. The van der Waals surface area contributed by atoms with E-state index in [9.17, 15) is 9.59 Å². The highest BCUT2D eigenvalue weighted by atomic mass is 16.5. The van der Waals surface area contributed by atoms with E-state index in [0.29, 0.717) is 19.6 Å². The summed E-state index contributed by atoms with van der Waals surface area (Å²) in [5, 5.41) is 14.2. The van der Waals surface area contributed by atoms with Crippen LogP contribution >= 0.6 is 0 Å². The molecule has 2 heterocycles. The van der Waals surface area contributed by atoms with Crippen LogP contribution in [0.4, 0.5) is 4.79 Å². The second-order valence-electron chi connectivity index (χ2n) is 4.40. The number of aromatic amines is 1. The molecule has 19 heavy (non-hydrogen) atoms. The first kappa shape index (κ1) is 13.3. The summed E-state index contributed by atoms with van der Waals surface area (Å²) in [5.74, 6) is -1.08. The van der Waals surface area contributed by atoms with Crippen molar-refractivity contribution in [3.05, 3.63) is 18.2 Å². The first-order valence-corrected chi connectivity index (χ1v) is 5.97. The molecule has 8 nitrogen and oxygen atoms in total. The number of hydrogen-bond donors (Lipinski definition) is 4. The predicted molar refractivity (Wildman–Crippen MR) is 64.6 cm³/mol. The van der Waals surface area contributed by atoms with Crippen LogP contribution in [-0.2, 0) is 16.0 Å². The van der Waals surface area contributed by atoms with Crippen molar-refractivity contribution in [1.82, 2.24) is 20.6 Å². The van der Waals surface area contributed by atoms with E-state index in [1.165, 1.54) is 0 Å². The molecule has 1 aliphatic heterocycles. The van der Waals surface area contributed by atoms with Gasteiger partial charge in [-0.1, -0.05) is 0 Å². The average molecular weight is 268 g/mol. The number of nitrogens with one attached hydrogen (secondary N) is 3. The number of hydrogen-bond acceptors (Lipinski definition) is 4. The Morgan fingerprint density at radius 3 is 3.00 bits per heavy atom. The van der Waals surface area contributed by atoms with Crippen molar-refractivity contribution in [3.8, 4) is 0 Å². The Labute approximate surface area is 109 Å². The van der Waals surface area contributed by atoms with Gasteiger partial charge in [-0.2, -0.15) is 0 Å². The topological polar surface area (TPSA) is 116 Å². The van der Waals surface area contributed by atoms with E-state index < -0.39 is 17.5 Å². The number of ether oxygens (including phenoxy) is 1. The van der Waals surface area contributed by atoms with Crippen molar-refractivity contribution >= 4 is 12.0 Å². The van der Waals surface area contributed by atoms with Crippen LogP contribution in [-0.4, -0.2) is 52.4 Å². The minimum Gasteiger partial charge on any atom is -0.479 e. The summed E-state index contributed by atoms with van der Waals surface area (Å²) in [4.78, 5) is 29.6. The van der Waals surface area contributed by atoms with Crippen LogP contribution < -0.4 is 10.6 Å². The van der Waals surface area contributed by atoms with Gasteiger partial charge in [0.2, 0.25) is 0 Å². The summed E-state index contributed by atoms with van der Waals surface area (Å²) in [6.07, 6.45) is 4.11. The lowest BCUT2D eigenvalue weighted by Crippen LogP contribution is -2.57. The van der Waals surface area contributed by atoms with Gasteiger partial charge in [-0.25, -0.2) is 14.6 Å². The van der Waals surface area contributed by atoms with E-state index >= 15 is 0 Å². The van der Waals surface area contributed by atoms with Gasteiger partial charge in [-0.15, -0.1) is 0 Å². The number of aromatic nitrogens is 2. The van der Waals surface area contributed by atoms with Gasteiger partial charge in [0.15, 0.2) is 5.54 Å². The Kier molecular flexibility index (Phi) is 4.00. The number of aliphatic carboxylic acids is 1. The number of carboxylic acids is 1. The third-order valence-electron chi connectivity index (χ3n) is 3.02. The molecular weight excluding hydrogens is 252 g/mol. The van der Waals surface area contributed by atoms with Gasteiger partial charge in [-0.3, -0.25) is 0 Å². The molecule has 1 unspecified atom stereocenters. The molecule has 1 aliphatic rings. The predicted octanol–water partition coefficient (Wildman–Crippen LogP) is -0.505. The number of urea groups is 1. The third-order valence-corrected chi connectivity index (χ3v) is 3.02. The van der Waals surface area contributed by atoms with Crippen molar-refractivity contribution in [2.75, 3.05) is 19.8 Å². The zero-order valence-electron chi connectivity index (χ0n) is 10.3. The van der Waals surface area contributed by atoms with E-state index in [2.05, 4.69) is 20.6 Å². The fourth-order valence-electron chi connectivity index (χ4n) is 1.88. The number of H-pyrrole nitrogens is 1. The number of carboxylic acid groups (broad SMARTS) is 1. The van der Waals surface area contributed by atoms with Crippen LogP contribution in [0.5, 0.6) is 0 Å². The average Bonchev–Trinajstić information content (AvgIpc) is 3.00. The van der Waals surface area contributed by atoms with Gasteiger partial charge >= 0.3 is 12.0 Å². The monoisotopic (exact) mass is 268 g/mol. The third kappa shape index (κ3) is 3.22. The summed E-state index contributed by atoms with van der Waals surface area (Å²) >= 11 is 0. The fourth-order valence-corrected chi connectivity index (χ4v) is 1.88. The first-order valence-electron chi connectivity index (χ1n) is 5.97. The van der Waals surface area contributed by atoms with E-state index in [0.717, 1.165) is 5.69 Å². The minimum absolute atomic E-state index is 0.00367. The van der Waals surface area contributed by atoms with Crippen molar-refractivity contribution in [2.24, 2.45) is 0 Å².